The van der Waals surface area contributed by atoms with Crippen molar-refractivity contribution in [2.24, 2.45) is 17.8 Å². The molecule has 0 aromatic rings. The lowest BCUT2D eigenvalue weighted by Crippen LogP contribution is -2.45. The van der Waals surface area contributed by atoms with Gasteiger partial charge in [-0.25, -0.2) is 4.39 Å². The standard InChI is InChI=1S/C15H29FN2/c1-4-17-7-5-13(9-17)10-18-8-6-14(12(2)3)15(16)11-18/h12-15H,4-11H2,1-3H3/t13-,14-,15+/m0/s1. The zero-order valence-corrected chi connectivity index (χ0v) is 12.2. The fraction of sp³-hybridized carbons (Fsp3) is 1.00. The minimum Gasteiger partial charge on any atom is -0.303 e. The van der Waals surface area contributed by atoms with Crippen molar-refractivity contribution in [2.45, 2.75) is 39.8 Å². The van der Waals surface area contributed by atoms with Gasteiger partial charge < -0.3 is 9.80 Å². The minimum atomic E-state index is -0.609. The van der Waals surface area contributed by atoms with E-state index in [9.17, 15) is 4.39 Å². The number of alkyl halides is 1. The predicted molar refractivity (Wildman–Crippen MR) is 74.5 cm³/mol. The Balaban J connectivity index is 1.76. The van der Waals surface area contributed by atoms with Gasteiger partial charge in [0.25, 0.3) is 0 Å². The van der Waals surface area contributed by atoms with Crippen LogP contribution in [-0.2, 0) is 0 Å². The van der Waals surface area contributed by atoms with E-state index in [0.29, 0.717) is 12.5 Å². The minimum absolute atomic E-state index is 0.289. The summed E-state index contributed by atoms with van der Waals surface area (Å²) in [6.45, 7) is 13.1. The van der Waals surface area contributed by atoms with Gasteiger partial charge in [0.05, 0.1) is 0 Å². The van der Waals surface area contributed by atoms with E-state index in [4.69, 9.17) is 0 Å². The average molecular weight is 256 g/mol. The fourth-order valence-electron chi connectivity index (χ4n) is 3.62. The van der Waals surface area contributed by atoms with Gasteiger partial charge in [-0.1, -0.05) is 20.8 Å². The molecule has 0 aliphatic carbocycles. The van der Waals surface area contributed by atoms with E-state index in [1.165, 1.54) is 19.5 Å². The van der Waals surface area contributed by atoms with Crippen LogP contribution in [-0.4, -0.2) is 55.2 Å². The molecule has 2 aliphatic heterocycles. The number of hydrogen-bond donors (Lipinski definition) is 0. The largest absolute Gasteiger partial charge is 0.303 e. The van der Waals surface area contributed by atoms with E-state index < -0.39 is 6.17 Å². The third-order valence-corrected chi connectivity index (χ3v) is 4.87. The first-order valence-corrected chi connectivity index (χ1v) is 7.69. The first kappa shape index (κ1) is 14.3. The van der Waals surface area contributed by atoms with Gasteiger partial charge in [-0.05, 0) is 50.2 Å². The van der Waals surface area contributed by atoms with Crippen LogP contribution in [0, 0.1) is 17.8 Å². The summed E-state index contributed by atoms with van der Waals surface area (Å²) in [7, 11) is 0. The van der Waals surface area contributed by atoms with Gasteiger partial charge in [0.15, 0.2) is 0 Å². The van der Waals surface area contributed by atoms with Gasteiger partial charge in [-0.3, -0.25) is 0 Å². The van der Waals surface area contributed by atoms with E-state index in [1.807, 2.05) is 0 Å². The van der Waals surface area contributed by atoms with Crippen molar-refractivity contribution in [3.05, 3.63) is 0 Å². The molecule has 2 aliphatic rings. The molecular formula is C15H29FN2. The maximum atomic E-state index is 14.1. The molecule has 2 fully saturated rings. The highest BCUT2D eigenvalue weighted by atomic mass is 19.1. The highest BCUT2D eigenvalue weighted by Crippen LogP contribution is 2.28. The van der Waals surface area contributed by atoms with Crippen LogP contribution in [0.15, 0.2) is 0 Å². The second kappa shape index (κ2) is 6.33. The van der Waals surface area contributed by atoms with E-state index in [-0.39, 0.29) is 5.92 Å². The molecule has 3 atom stereocenters. The first-order valence-electron chi connectivity index (χ1n) is 7.69. The smallest absolute Gasteiger partial charge is 0.116 e. The molecule has 0 radical (unpaired) electrons. The van der Waals surface area contributed by atoms with Crippen molar-refractivity contribution in [2.75, 3.05) is 39.3 Å². The number of piperidine rings is 1. The molecule has 106 valence electrons. The molecule has 2 heterocycles. The van der Waals surface area contributed by atoms with Crippen LogP contribution in [0.25, 0.3) is 0 Å². The van der Waals surface area contributed by atoms with Gasteiger partial charge in [0.1, 0.15) is 6.17 Å². The number of nitrogens with zero attached hydrogens (tertiary/aromatic N) is 2. The summed E-state index contributed by atoms with van der Waals surface area (Å²) in [5.74, 6) is 1.55. The quantitative estimate of drug-likeness (QED) is 0.763. The third kappa shape index (κ3) is 3.45. The normalized spacial score (nSPS) is 35.5. The highest BCUT2D eigenvalue weighted by molar-refractivity contribution is 4.85. The fourth-order valence-corrected chi connectivity index (χ4v) is 3.62. The van der Waals surface area contributed by atoms with Gasteiger partial charge in [-0.2, -0.15) is 0 Å². The Kier molecular flexibility index (Phi) is 5.02. The van der Waals surface area contributed by atoms with Gasteiger partial charge >= 0.3 is 0 Å². The molecule has 0 bridgehead atoms. The van der Waals surface area contributed by atoms with Gasteiger partial charge in [0, 0.05) is 19.6 Å². The molecule has 18 heavy (non-hydrogen) atoms. The van der Waals surface area contributed by atoms with E-state index in [0.717, 1.165) is 32.0 Å². The van der Waals surface area contributed by atoms with Crippen LogP contribution in [0.1, 0.15) is 33.6 Å². The van der Waals surface area contributed by atoms with Crippen LogP contribution in [0.2, 0.25) is 0 Å². The highest BCUT2D eigenvalue weighted by Gasteiger charge is 2.32. The predicted octanol–water partition coefficient (Wildman–Crippen LogP) is 2.64. The summed E-state index contributed by atoms with van der Waals surface area (Å²) >= 11 is 0. The second-order valence-corrected chi connectivity index (χ2v) is 6.52. The molecule has 2 saturated heterocycles. The molecule has 0 aromatic heterocycles. The zero-order valence-electron chi connectivity index (χ0n) is 12.2. The average Bonchev–Trinajstić information content (AvgIpc) is 2.76. The number of halogens is 1. The molecule has 3 heteroatoms. The van der Waals surface area contributed by atoms with Crippen molar-refractivity contribution in [3.8, 4) is 0 Å². The molecule has 0 saturated carbocycles. The molecule has 0 spiro atoms. The lowest BCUT2D eigenvalue weighted by molar-refractivity contribution is 0.0534. The summed E-state index contributed by atoms with van der Waals surface area (Å²) in [6.07, 6.45) is 1.74. The second-order valence-electron chi connectivity index (χ2n) is 6.52. The Labute approximate surface area is 112 Å². The summed E-state index contributed by atoms with van der Waals surface area (Å²) in [5, 5.41) is 0. The summed E-state index contributed by atoms with van der Waals surface area (Å²) in [5.41, 5.74) is 0. The Morgan fingerprint density at radius 1 is 1.11 bits per heavy atom. The van der Waals surface area contributed by atoms with Crippen molar-refractivity contribution < 1.29 is 4.39 Å². The lowest BCUT2D eigenvalue weighted by atomic mass is 9.85. The van der Waals surface area contributed by atoms with Crippen LogP contribution in [0.3, 0.4) is 0 Å². The van der Waals surface area contributed by atoms with Gasteiger partial charge in [0.2, 0.25) is 0 Å². The van der Waals surface area contributed by atoms with Crippen LogP contribution >= 0.6 is 0 Å². The summed E-state index contributed by atoms with van der Waals surface area (Å²) < 4.78 is 14.1. The van der Waals surface area contributed by atoms with Crippen LogP contribution < -0.4 is 0 Å². The maximum Gasteiger partial charge on any atom is 0.116 e. The molecule has 0 unspecified atom stereocenters. The Hall–Kier alpha value is -0.150. The number of hydrogen-bond acceptors (Lipinski definition) is 2. The van der Waals surface area contributed by atoms with E-state index in [1.54, 1.807) is 0 Å². The molecular weight excluding hydrogens is 227 g/mol. The Morgan fingerprint density at radius 2 is 1.83 bits per heavy atom. The van der Waals surface area contributed by atoms with E-state index >= 15 is 0 Å². The van der Waals surface area contributed by atoms with Crippen molar-refractivity contribution in [3.63, 3.8) is 0 Å². The van der Waals surface area contributed by atoms with E-state index in [2.05, 4.69) is 30.6 Å². The maximum absolute atomic E-state index is 14.1. The van der Waals surface area contributed by atoms with Crippen molar-refractivity contribution >= 4 is 0 Å². The summed E-state index contributed by atoms with van der Waals surface area (Å²) in [4.78, 5) is 4.88. The first-order chi connectivity index (χ1) is 8.60. The van der Waals surface area contributed by atoms with Gasteiger partial charge in [-0.15, -0.1) is 0 Å². The summed E-state index contributed by atoms with van der Waals surface area (Å²) in [6, 6.07) is 0. The number of likely N-dealkylation sites (tertiary alicyclic amines) is 2. The molecule has 0 aromatic carbocycles. The zero-order chi connectivity index (χ0) is 13.1. The molecule has 0 amide bonds. The number of rotatable bonds is 4. The lowest BCUT2D eigenvalue weighted by Gasteiger charge is -2.37. The SMILES string of the molecule is CCN1CC[C@H](CN2CC[C@@H](C(C)C)[C@H](F)C2)C1. The van der Waals surface area contributed by atoms with Crippen molar-refractivity contribution in [1.29, 1.82) is 0 Å². The molecule has 0 N–H and O–H groups in total. The molecule has 2 rings (SSSR count). The third-order valence-electron chi connectivity index (χ3n) is 4.87. The van der Waals surface area contributed by atoms with Crippen LogP contribution in [0.5, 0.6) is 0 Å². The Bertz CT molecular complexity index is 257. The van der Waals surface area contributed by atoms with Crippen molar-refractivity contribution in [1.82, 2.24) is 9.80 Å². The monoisotopic (exact) mass is 256 g/mol. The van der Waals surface area contributed by atoms with Crippen LogP contribution in [0.4, 0.5) is 4.39 Å². The molecule has 2 nitrogen and oxygen atoms in total. The Morgan fingerprint density at radius 3 is 2.39 bits per heavy atom. The topological polar surface area (TPSA) is 6.48 Å².